The number of carbonyl (C=O) groups excluding carboxylic acids is 1. The standard InChI is InChI=1S/C20H26ClN5O/c1-20(2)9-17-15(10-23-26(17)12-20)14-8-18(22-11-16(14)21)25-19(27)24-13-6-4-3-5-7-13/h8,10-11,13H,3-7,9,12H2,1-2H3,(H2,22,24,25,27). The lowest BCUT2D eigenvalue weighted by Gasteiger charge is -2.22. The van der Waals surface area contributed by atoms with E-state index in [2.05, 4.69) is 39.2 Å². The first-order valence-electron chi connectivity index (χ1n) is 9.69. The molecule has 2 aromatic rings. The molecule has 1 aliphatic carbocycles. The van der Waals surface area contributed by atoms with Crippen LogP contribution in [0, 0.1) is 5.41 Å². The molecule has 6 nitrogen and oxygen atoms in total. The Morgan fingerprint density at radius 1 is 1.22 bits per heavy atom. The number of rotatable bonds is 3. The Labute approximate surface area is 164 Å². The molecule has 3 heterocycles. The third-order valence-corrected chi connectivity index (χ3v) is 5.80. The van der Waals surface area contributed by atoms with Gasteiger partial charge >= 0.3 is 6.03 Å². The van der Waals surface area contributed by atoms with Crippen molar-refractivity contribution in [2.24, 2.45) is 5.41 Å². The molecule has 144 valence electrons. The number of fused-ring (bicyclic) bond motifs is 1. The van der Waals surface area contributed by atoms with Crippen LogP contribution in [-0.2, 0) is 13.0 Å². The van der Waals surface area contributed by atoms with Gasteiger partial charge in [-0.25, -0.2) is 9.78 Å². The summed E-state index contributed by atoms with van der Waals surface area (Å²) >= 11 is 6.42. The number of urea groups is 1. The molecule has 0 bridgehead atoms. The number of carbonyl (C=O) groups is 1. The van der Waals surface area contributed by atoms with Crippen molar-refractivity contribution in [2.45, 2.75) is 65.0 Å². The highest BCUT2D eigenvalue weighted by atomic mass is 35.5. The molecule has 0 atom stereocenters. The van der Waals surface area contributed by atoms with Gasteiger partial charge in [-0.05, 0) is 30.7 Å². The lowest BCUT2D eigenvalue weighted by Crippen LogP contribution is -2.39. The molecule has 1 fully saturated rings. The number of halogens is 1. The molecule has 4 rings (SSSR count). The molecule has 0 unspecified atom stereocenters. The van der Waals surface area contributed by atoms with E-state index >= 15 is 0 Å². The smallest absolute Gasteiger partial charge is 0.320 e. The number of nitrogens with one attached hydrogen (secondary N) is 2. The summed E-state index contributed by atoms with van der Waals surface area (Å²) in [6.07, 6.45) is 10.1. The highest BCUT2D eigenvalue weighted by Gasteiger charge is 2.32. The summed E-state index contributed by atoms with van der Waals surface area (Å²) in [5, 5.41) is 11.0. The van der Waals surface area contributed by atoms with E-state index in [9.17, 15) is 4.79 Å². The fourth-order valence-corrected chi connectivity index (χ4v) is 4.38. The van der Waals surface area contributed by atoms with E-state index in [0.29, 0.717) is 10.8 Å². The summed E-state index contributed by atoms with van der Waals surface area (Å²) in [5.41, 5.74) is 3.26. The van der Waals surface area contributed by atoms with Crippen LogP contribution in [0.4, 0.5) is 10.6 Å². The zero-order valence-corrected chi connectivity index (χ0v) is 16.6. The van der Waals surface area contributed by atoms with Crippen molar-refractivity contribution in [2.75, 3.05) is 5.32 Å². The first kappa shape index (κ1) is 18.3. The maximum absolute atomic E-state index is 12.3. The van der Waals surface area contributed by atoms with Gasteiger partial charge in [-0.2, -0.15) is 5.10 Å². The second-order valence-corrected chi connectivity index (χ2v) is 8.89. The predicted octanol–water partition coefficient (Wildman–Crippen LogP) is 4.64. The van der Waals surface area contributed by atoms with Gasteiger partial charge in [0.15, 0.2) is 0 Å². The molecule has 7 heteroatoms. The molecule has 2 aromatic heterocycles. The van der Waals surface area contributed by atoms with Crippen LogP contribution in [0.3, 0.4) is 0 Å². The summed E-state index contributed by atoms with van der Waals surface area (Å²) in [4.78, 5) is 16.6. The molecule has 0 radical (unpaired) electrons. The number of amides is 2. The molecule has 0 saturated heterocycles. The summed E-state index contributed by atoms with van der Waals surface area (Å²) in [7, 11) is 0. The number of aromatic nitrogens is 3. The Morgan fingerprint density at radius 2 is 2.00 bits per heavy atom. The van der Waals surface area contributed by atoms with Crippen LogP contribution in [0.2, 0.25) is 5.02 Å². The van der Waals surface area contributed by atoms with E-state index in [-0.39, 0.29) is 17.5 Å². The van der Waals surface area contributed by atoms with Gasteiger partial charge in [0, 0.05) is 35.6 Å². The fourth-order valence-electron chi connectivity index (χ4n) is 4.17. The zero-order chi connectivity index (χ0) is 19.0. The fraction of sp³-hybridized carbons (Fsp3) is 0.550. The molecule has 2 N–H and O–H groups in total. The predicted molar refractivity (Wildman–Crippen MR) is 107 cm³/mol. The maximum atomic E-state index is 12.3. The minimum Gasteiger partial charge on any atom is -0.335 e. The molecule has 27 heavy (non-hydrogen) atoms. The number of hydrogen-bond donors (Lipinski definition) is 2. The molecule has 1 saturated carbocycles. The van der Waals surface area contributed by atoms with Gasteiger partial charge in [0.1, 0.15) is 5.82 Å². The topological polar surface area (TPSA) is 71.8 Å². The average Bonchev–Trinajstić information content (AvgIpc) is 3.12. The lowest BCUT2D eigenvalue weighted by atomic mass is 9.89. The van der Waals surface area contributed by atoms with Gasteiger partial charge in [-0.1, -0.05) is 44.7 Å². The highest BCUT2D eigenvalue weighted by molar-refractivity contribution is 6.33. The second kappa shape index (κ2) is 7.15. The van der Waals surface area contributed by atoms with Gasteiger partial charge in [0.05, 0.1) is 11.2 Å². The van der Waals surface area contributed by atoms with Gasteiger partial charge in [-0.3, -0.25) is 10.00 Å². The van der Waals surface area contributed by atoms with E-state index in [0.717, 1.165) is 36.9 Å². The Balaban J connectivity index is 1.52. The van der Waals surface area contributed by atoms with Crippen molar-refractivity contribution in [3.05, 3.63) is 29.2 Å². The summed E-state index contributed by atoms with van der Waals surface area (Å²) < 4.78 is 2.05. The van der Waals surface area contributed by atoms with Crippen LogP contribution in [0.1, 0.15) is 51.6 Å². The van der Waals surface area contributed by atoms with E-state index in [1.165, 1.54) is 25.0 Å². The molecule has 0 spiro atoms. The van der Waals surface area contributed by atoms with Crippen LogP contribution in [0.15, 0.2) is 18.5 Å². The van der Waals surface area contributed by atoms with Crippen molar-refractivity contribution in [1.82, 2.24) is 20.1 Å². The third kappa shape index (κ3) is 3.95. The van der Waals surface area contributed by atoms with Gasteiger partial charge in [-0.15, -0.1) is 0 Å². The van der Waals surface area contributed by atoms with Gasteiger partial charge < -0.3 is 5.32 Å². The van der Waals surface area contributed by atoms with Crippen LogP contribution in [0.5, 0.6) is 0 Å². The van der Waals surface area contributed by atoms with Crippen molar-refractivity contribution in [3.8, 4) is 11.1 Å². The minimum atomic E-state index is -0.205. The largest absolute Gasteiger partial charge is 0.335 e. The van der Waals surface area contributed by atoms with Gasteiger partial charge in [0.25, 0.3) is 0 Å². The number of hydrogen-bond acceptors (Lipinski definition) is 3. The van der Waals surface area contributed by atoms with Crippen LogP contribution in [0.25, 0.3) is 11.1 Å². The SMILES string of the molecule is CC1(C)Cc2c(-c3cc(NC(=O)NC4CCCCC4)ncc3Cl)cnn2C1. The number of anilines is 1. The summed E-state index contributed by atoms with van der Waals surface area (Å²) in [6.45, 7) is 5.38. The van der Waals surface area contributed by atoms with Crippen LogP contribution < -0.4 is 10.6 Å². The molecule has 0 aromatic carbocycles. The molecule has 2 aliphatic rings. The second-order valence-electron chi connectivity index (χ2n) is 8.49. The van der Waals surface area contributed by atoms with Crippen molar-refractivity contribution >= 4 is 23.4 Å². The summed E-state index contributed by atoms with van der Waals surface area (Å²) in [5.74, 6) is 0.500. The van der Waals surface area contributed by atoms with Crippen LogP contribution in [-0.4, -0.2) is 26.8 Å². The number of nitrogens with zero attached hydrogens (tertiary/aromatic N) is 3. The number of pyridine rings is 1. The first-order valence-corrected chi connectivity index (χ1v) is 10.1. The Kier molecular flexibility index (Phi) is 4.84. The Hall–Kier alpha value is -2.08. The lowest BCUT2D eigenvalue weighted by molar-refractivity contribution is 0.244. The first-order chi connectivity index (χ1) is 12.9. The van der Waals surface area contributed by atoms with E-state index in [4.69, 9.17) is 11.6 Å². The monoisotopic (exact) mass is 387 g/mol. The summed E-state index contributed by atoms with van der Waals surface area (Å²) in [6, 6.07) is 1.89. The molecule has 1 aliphatic heterocycles. The minimum absolute atomic E-state index is 0.193. The van der Waals surface area contributed by atoms with Crippen molar-refractivity contribution in [3.63, 3.8) is 0 Å². The molecular weight excluding hydrogens is 362 g/mol. The van der Waals surface area contributed by atoms with Crippen molar-refractivity contribution in [1.29, 1.82) is 0 Å². The molecular formula is C20H26ClN5O. The normalized spacial score (nSPS) is 18.9. The van der Waals surface area contributed by atoms with Crippen LogP contribution >= 0.6 is 11.6 Å². The van der Waals surface area contributed by atoms with E-state index in [1.54, 1.807) is 6.20 Å². The van der Waals surface area contributed by atoms with Gasteiger partial charge in [0.2, 0.25) is 0 Å². The highest BCUT2D eigenvalue weighted by Crippen LogP contribution is 2.39. The quantitative estimate of drug-likeness (QED) is 0.806. The Bertz CT molecular complexity index is 854. The van der Waals surface area contributed by atoms with Crippen molar-refractivity contribution < 1.29 is 4.79 Å². The average molecular weight is 388 g/mol. The van der Waals surface area contributed by atoms with E-state index in [1.807, 2.05) is 12.3 Å². The molecule has 2 amide bonds. The third-order valence-electron chi connectivity index (χ3n) is 5.50. The maximum Gasteiger partial charge on any atom is 0.320 e. The Morgan fingerprint density at radius 3 is 2.78 bits per heavy atom. The zero-order valence-electron chi connectivity index (χ0n) is 15.9. The van der Waals surface area contributed by atoms with E-state index < -0.39 is 0 Å².